The summed E-state index contributed by atoms with van der Waals surface area (Å²) in [5.74, 6) is -0.593. The van der Waals surface area contributed by atoms with Crippen LogP contribution in [0.2, 0.25) is 0 Å². The summed E-state index contributed by atoms with van der Waals surface area (Å²) >= 11 is 0. The summed E-state index contributed by atoms with van der Waals surface area (Å²) in [5, 5.41) is 3.68. The van der Waals surface area contributed by atoms with Crippen LogP contribution >= 0.6 is 0 Å². The minimum atomic E-state index is -0.427. The van der Waals surface area contributed by atoms with E-state index in [2.05, 4.69) is 17.7 Å². The number of piperidine rings is 1. The van der Waals surface area contributed by atoms with Crippen LogP contribution in [0, 0.1) is 11.6 Å². The monoisotopic (exact) mass is 414 g/mol. The van der Waals surface area contributed by atoms with Gasteiger partial charge in [-0.15, -0.1) is 0 Å². The Hall–Kier alpha value is -2.28. The minimum Gasteiger partial charge on any atom is -0.361 e. The van der Waals surface area contributed by atoms with Gasteiger partial charge in [0.15, 0.2) is 0 Å². The summed E-state index contributed by atoms with van der Waals surface area (Å²) in [5.41, 5.74) is 6.93. The summed E-state index contributed by atoms with van der Waals surface area (Å²) in [4.78, 5) is 5.23. The maximum absolute atomic E-state index is 13.5. The van der Waals surface area contributed by atoms with Crippen LogP contribution in [0.3, 0.4) is 0 Å². The zero-order valence-electron chi connectivity index (χ0n) is 17.3. The molecule has 2 aliphatic rings. The summed E-state index contributed by atoms with van der Waals surface area (Å²) in [6, 6.07) is 13.3. The van der Waals surface area contributed by atoms with Gasteiger partial charge in [-0.2, -0.15) is 0 Å². The normalized spacial score (nSPS) is 24.9. The van der Waals surface area contributed by atoms with Gasteiger partial charge in [-0.3, -0.25) is 10.3 Å². The van der Waals surface area contributed by atoms with Crippen LogP contribution in [-0.4, -0.2) is 25.3 Å². The Bertz CT molecular complexity index is 838. The van der Waals surface area contributed by atoms with E-state index in [1.165, 1.54) is 29.8 Å². The fraction of sp³-hybridized carbons (Fsp3) is 0.417. The molecule has 0 spiro atoms. The van der Waals surface area contributed by atoms with E-state index in [-0.39, 0.29) is 23.8 Å². The number of benzene rings is 2. The molecule has 2 saturated heterocycles. The van der Waals surface area contributed by atoms with Gasteiger partial charge in [-0.25, -0.2) is 8.78 Å². The molecule has 2 fully saturated rings. The first-order chi connectivity index (χ1) is 14.6. The Labute approximate surface area is 176 Å². The molecule has 0 aliphatic carbocycles. The van der Waals surface area contributed by atoms with Gasteiger partial charge < -0.3 is 10.1 Å². The molecule has 2 bridgehead atoms. The molecule has 2 aromatic rings. The number of hydrogen-bond acceptors (Lipinski definition) is 4. The fourth-order valence-electron chi connectivity index (χ4n) is 4.64. The summed E-state index contributed by atoms with van der Waals surface area (Å²) in [7, 11) is 1.61. The standard InChI is InChI=1S/C24H28F2N2O2/c1-3-20(28-29-2)23-21-13-12-19(27-21)14-22(23)30-24(15-4-8-17(25)9-5-15)16-6-10-18(26)11-7-16/h4-11,19,21-22,24,27-28H,3,12-14H2,1-2H3/t19?,21-,22-/m1/s1. The van der Waals surface area contributed by atoms with E-state index < -0.39 is 6.10 Å². The smallest absolute Gasteiger partial charge is 0.123 e. The number of hydrogen-bond donors (Lipinski definition) is 2. The number of fused-ring (bicyclic) bond motifs is 2. The van der Waals surface area contributed by atoms with Crippen LogP contribution in [0.4, 0.5) is 8.78 Å². The Morgan fingerprint density at radius 2 is 1.63 bits per heavy atom. The van der Waals surface area contributed by atoms with E-state index in [1.54, 1.807) is 31.4 Å². The van der Waals surface area contributed by atoms with Crippen molar-refractivity contribution in [2.24, 2.45) is 0 Å². The van der Waals surface area contributed by atoms with E-state index in [0.29, 0.717) is 6.04 Å². The average Bonchev–Trinajstić information content (AvgIpc) is 3.14. The maximum atomic E-state index is 13.5. The van der Waals surface area contributed by atoms with Gasteiger partial charge in [-0.1, -0.05) is 31.2 Å². The largest absolute Gasteiger partial charge is 0.361 e. The van der Waals surface area contributed by atoms with Crippen molar-refractivity contribution in [3.63, 3.8) is 0 Å². The lowest BCUT2D eigenvalue weighted by molar-refractivity contribution is 0.00776. The van der Waals surface area contributed by atoms with Crippen LogP contribution in [0.25, 0.3) is 0 Å². The molecule has 30 heavy (non-hydrogen) atoms. The van der Waals surface area contributed by atoms with E-state index in [1.807, 2.05) is 0 Å². The minimum absolute atomic E-state index is 0.124. The number of rotatable bonds is 7. The molecule has 2 N–H and O–H groups in total. The first-order valence-electron chi connectivity index (χ1n) is 10.5. The highest BCUT2D eigenvalue weighted by Gasteiger charge is 2.41. The van der Waals surface area contributed by atoms with E-state index in [4.69, 9.17) is 9.57 Å². The summed E-state index contributed by atoms with van der Waals surface area (Å²) < 4.78 is 33.8. The number of halogens is 2. The quantitative estimate of drug-likeness (QED) is 0.640. The molecule has 0 radical (unpaired) electrons. The second kappa shape index (κ2) is 9.25. The predicted molar refractivity (Wildman–Crippen MR) is 112 cm³/mol. The van der Waals surface area contributed by atoms with Crippen LogP contribution in [0.15, 0.2) is 59.8 Å². The van der Waals surface area contributed by atoms with Crippen molar-refractivity contribution in [1.82, 2.24) is 10.8 Å². The Morgan fingerprint density at radius 1 is 1.03 bits per heavy atom. The molecule has 4 nitrogen and oxygen atoms in total. The van der Waals surface area contributed by atoms with Gasteiger partial charge in [0, 0.05) is 17.8 Å². The molecule has 6 heteroatoms. The van der Waals surface area contributed by atoms with E-state index >= 15 is 0 Å². The number of allylic oxidation sites excluding steroid dienone is 1. The Morgan fingerprint density at radius 3 is 2.17 bits per heavy atom. The van der Waals surface area contributed by atoms with Crippen molar-refractivity contribution >= 4 is 0 Å². The third-order valence-electron chi connectivity index (χ3n) is 6.03. The molecule has 3 atom stereocenters. The lowest BCUT2D eigenvalue weighted by atomic mass is 9.92. The number of hydroxylamine groups is 1. The molecule has 0 aromatic heterocycles. The molecule has 4 rings (SSSR count). The van der Waals surface area contributed by atoms with E-state index in [9.17, 15) is 8.78 Å². The molecule has 2 heterocycles. The van der Waals surface area contributed by atoms with Gasteiger partial charge in [0.1, 0.15) is 17.7 Å². The molecular formula is C24H28F2N2O2. The maximum Gasteiger partial charge on any atom is 0.123 e. The Balaban J connectivity index is 1.71. The van der Waals surface area contributed by atoms with Crippen molar-refractivity contribution in [3.05, 3.63) is 82.6 Å². The highest BCUT2D eigenvalue weighted by atomic mass is 19.1. The number of nitrogens with one attached hydrogen (secondary N) is 2. The van der Waals surface area contributed by atoms with Gasteiger partial charge in [0.2, 0.25) is 0 Å². The molecular weight excluding hydrogens is 386 g/mol. The molecule has 2 aliphatic heterocycles. The highest BCUT2D eigenvalue weighted by molar-refractivity contribution is 5.33. The second-order valence-corrected chi connectivity index (χ2v) is 7.93. The van der Waals surface area contributed by atoms with Crippen LogP contribution < -0.4 is 10.8 Å². The van der Waals surface area contributed by atoms with Gasteiger partial charge in [-0.05, 0) is 66.6 Å². The van der Waals surface area contributed by atoms with Crippen molar-refractivity contribution in [2.45, 2.75) is 56.9 Å². The molecule has 0 amide bonds. The van der Waals surface area contributed by atoms with Crippen molar-refractivity contribution in [1.29, 1.82) is 0 Å². The molecule has 160 valence electrons. The zero-order chi connectivity index (χ0) is 21.1. The highest BCUT2D eigenvalue weighted by Crippen LogP contribution is 2.39. The lowest BCUT2D eigenvalue weighted by Gasteiger charge is -2.36. The van der Waals surface area contributed by atoms with Gasteiger partial charge in [0.05, 0.1) is 13.2 Å². The first kappa shape index (κ1) is 21.0. The number of ether oxygens (including phenoxy) is 1. The molecule has 2 aromatic carbocycles. The van der Waals surface area contributed by atoms with Crippen LogP contribution in [-0.2, 0) is 9.57 Å². The van der Waals surface area contributed by atoms with Crippen LogP contribution in [0.1, 0.15) is 49.8 Å². The van der Waals surface area contributed by atoms with Crippen molar-refractivity contribution in [3.8, 4) is 0 Å². The third-order valence-corrected chi connectivity index (χ3v) is 6.03. The molecule has 1 unspecified atom stereocenters. The lowest BCUT2D eigenvalue weighted by Crippen LogP contribution is -2.45. The predicted octanol–water partition coefficient (Wildman–Crippen LogP) is 4.78. The van der Waals surface area contributed by atoms with Gasteiger partial charge >= 0.3 is 0 Å². The second-order valence-electron chi connectivity index (χ2n) is 7.93. The van der Waals surface area contributed by atoms with E-state index in [0.717, 1.165) is 42.5 Å². The van der Waals surface area contributed by atoms with Crippen LogP contribution in [0.5, 0.6) is 0 Å². The first-order valence-corrected chi connectivity index (χ1v) is 10.5. The van der Waals surface area contributed by atoms with Crippen molar-refractivity contribution in [2.75, 3.05) is 7.11 Å². The topological polar surface area (TPSA) is 42.5 Å². The molecule has 0 saturated carbocycles. The van der Waals surface area contributed by atoms with Gasteiger partial charge in [0.25, 0.3) is 0 Å². The summed E-state index contributed by atoms with van der Waals surface area (Å²) in [6.45, 7) is 2.09. The van der Waals surface area contributed by atoms with Crippen molar-refractivity contribution < 1.29 is 18.4 Å². The Kier molecular flexibility index (Phi) is 6.46. The average molecular weight is 414 g/mol. The zero-order valence-corrected chi connectivity index (χ0v) is 17.3. The SMILES string of the molecule is CCC(NOC)=C1[C@H]2CCC(C[C@H]1OC(c1ccc(F)cc1)c1ccc(F)cc1)N2. The third kappa shape index (κ3) is 4.41. The summed E-state index contributed by atoms with van der Waals surface area (Å²) in [6.07, 6.45) is 3.26. The fourth-order valence-corrected chi connectivity index (χ4v) is 4.64.